The molecule has 2 aliphatic carbocycles. The fourth-order valence-electron chi connectivity index (χ4n) is 4.62. The number of hydrogen-bond acceptors (Lipinski definition) is 2. The first kappa shape index (κ1) is 21.0. The monoisotopic (exact) mass is 364 g/mol. The van der Waals surface area contributed by atoms with Crippen LogP contribution in [-0.2, 0) is 6.42 Å². The van der Waals surface area contributed by atoms with E-state index in [2.05, 4.69) is 32.9 Å². The number of hydrogen-bond donors (Lipinski definition) is 1. The molecule has 0 amide bonds. The van der Waals surface area contributed by atoms with E-state index in [1.54, 1.807) is 0 Å². The predicted molar refractivity (Wildman–Crippen MR) is 111 cm³/mol. The first-order valence-electron chi connectivity index (χ1n) is 10.8. The Morgan fingerprint density at radius 1 is 1.16 bits per heavy atom. The van der Waals surface area contributed by atoms with Crippen LogP contribution < -0.4 is 0 Å². The first-order valence-corrected chi connectivity index (χ1v) is 11.6. The lowest BCUT2D eigenvalue weighted by Crippen LogP contribution is -2.40. The summed E-state index contributed by atoms with van der Waals surface area (Å²) in [4.78, 5) is 2.95. The Kier molecular flexibility index (Phi) is 8.99. The summed E-state index contributed by atoms with van der Waals surface area (Å²) in [6.07, 6.45) is 17.1. The lowest BCUT2D eigenvalue weighted by atomic mass is 9.62. The van der Waals surface area contributed by atoms with Crippen LogP contribution in [0.1, 0.15) is 101 Å². The molecule has 1 heterocycles. The maximum Gasteiger partial charge on any atom is 0.0596 e. The van der Waals surface area contributed by atoms with Gasteiger partial charge in [-0.2, -0.15) is 0 Å². The van der Waals surface area contributed by atoms with E-state index in [1.165, 1.54) is 86.8 Å². The average Bonchev–Trinajstić information content (AvgIpc) is 3.20. The van der Waals surface area contributed by atoms with E-state index in [0.29, 0.717) is 5.41 Å². The van der Waals surface area contributed by atoms with Crippen molar-refractivity contribution in [3.05, 3.63) is 21.9 Å². The highest BCUT2D eigenvalue weighted by molar-refractivity contribution is 7.11. The fourth-order valence-corrected chi connectivity index (χ4v) is 5.62. The van der Waals surface area contributed by atoms with Crippen LogP contribution in [-0.4, -0.2) is 11.2 Å². The van der Waals surface area contributed by atoms with Crippen molar-refractivity contribution in [3.63, 3.8) is 0 Å². The molecule has 0 aliphatic heterocycles. The zero-order chi connectivity index (χ0) is 18.1. The van der Waals surface area contributed by atoms with E-state index < -0.39 is 0 Å². The third-order valence-corrected chi connectivity index (χ3v) is 7.68. The van der Waals surface area contributed by atoms with Gasteiger partial charge in [-0.05, 0) is 62.5 Å². The van der Waals surface area contributed by atoms with Crippen molar-refractivity contribution in [3.8, 4) is 0 Å². The summed E-state index contributed by atoms with van der Waals surface area (Å²) in [6.45, 7) is 6.62. The van der Waals surface area contributed by atoms with Gasteiger partial charge in [0.15, 0.2) is 0 Å². The first-order chi connectivity index (χ1) is 12.1. The molecule has 0 spiro atoms. The SMILES string of the molecule is CCC1(C(O)CCCC2CCCC2)CCC1.CCCc1ccc(C)s1. The van der Waals surface area contributed by atoms with Gasteiger partial charge in [0.25, 0.3) is 0 Å². The maximum atomic E-state index is 10.3. The largest absolute Gasteiger partial charge is 0.393 e. The van der Waals surface area contributed by atoms with Crippen LogP contribution in [0.2, 0.25) is 0 Å². The molecule has 0 bridgehead atoms. The Morgan fingerprint density at radius 2 is 1.88 bits per heavy atom. The summed E-state index contributed by atoms with van der Waals surface area (Å²) >= 11 is 1.91. The van der Waals surface area contributed by atoms with Gasteiger partial charge >= 0.3 is 0 Å². The summed E-state index contributed by atoms with van der Waals surface area (Å²) < 4.78 is 0. The molecule has 0 saturated heterocycles. The molecule has 2 saturated carbocycles. The summed E-state index contributed by atoms with van der Waals surface area (Å²) in [5.74, 6) is 0.992. The van der Waals surface area contributed by atoms with Gasteiger partial charge in [-0.3, -0.25) is 0 Å². The second kappa shape index (κ2) is 10.7. The smallest absolute Gasteiger partial charge is 0.0596 e. The molecule has 1 unspecified atom stereocenters. The van der Waals surface area contributed by atoms with Crippen LogP contribution in [0.4, 0.5) is 0 Å². The standard InChI is InChI=1S/C15H28O.C8H12S/c1-2-15(11-6-12-15)14(16)10-5-9-13-7-3-4-8-13;1-3-4-8-6-5-7(2)9-8/h13-14,16H,2-12H2,1H3;5-6H,3-4H2,1-2H3. The second-order valence-corrected chi connectivity index (χ2v) is 9.80. The summed E-state index contributed by atoms with van der Waals surface area (Å²) in [5.41, 5.74) is 0.329. The molecule has 2 aliphatic rings. The Morgan fingerprint density at radius 3 is 2.36 bits per heavy atom. The minimum Gasteiger partial charge on any atom is -0.393 e. The molecule has 0 radical (unpaired) electrons. The Labute approximate surface area is 160 Å². The van der Waals surface area contributed by atoms with Gasteiger partial charge in [0.05, 0.1) is 6.10 Å². The number of thiophene rings is 1. The topological polar surface area (TPSA) is 20.2 Å². The van der Waals surface area contributed by atoms with Crippen molar-refractivity contribution in [1.82, 2.24) is 0 Å². The van der Waals surface area contributed by atoms with E-state index in [0.717, 1.165) is 12.3 Å². The Hall–Kier alpha value is -0.340. The van der Waals surface area contributed by atoms with Crippen molar-refractivity contribution in [2.24, 2.45) is 11.3 Å². The predicted octanol–water partition coefficient (Wildman–Crippen LogP) is 7.30. The zero-order valence-corrected chi connectivity index (χ0v) is 17.7. The van der Waals surface area contributed by atoms with Crippen LogP contribution in [0.5, 0.6) is 0 Å². The molecule has 1 nitrogen and oxygen atoms in total. The third-order valence-electron chi connectivity index (χ3n) is 6.62. The van der Waals surface area contributed by atoms with Crippen LogP contribution in [0, 0.1) is 18.3 Å². The van der Waals surface area contributed by atoms with Crippen LogP contribution in [0.25, 0.3) is 0 Å². The van der Waals surface area contributed by atoms with Gasteiger partial charge in [0.1, 0.15) is 0 Å². The number of aryl methyl sites for hydroxylation is 2. The second-order valence-electron chi connectivity index (χ2n) is 8.43. The molecule has 2 fully saturated rings. The quantitative estimate of drug-likeness (QED) is 0.513. The summed E-state index contributed by atoms with van der Waals surface area (Å²) in [7, 11) is 0. The molecule has 0 aromatic carbocycles. The van der Waals surface area contributed by atoms with E-state index in [9.17, 15) is 5.11 Å². The lowest BCUT2D eigenvalue weighted by molar-refractivity contribution is -0.0435. The fraction of sp³-hybridized carbons (Fsp3) is 0.826. The zero-order valence-electron chi connectivity index (χ0n) is 16.9. The van der Waals surface area contributed by atoms with Gasteiger partial charge < -0.3 is 5.11 Å². The van der Waals surface area contributed by atoms with Gasteiger partial charge in [0.2, 0.25) is 0 Å². The third kappa shape index (κ3) is 6.40. The number of aliphatic hydroxyl groups excluding tert-OH is 1. The van der Waals surface area contributed by atoms with Crippen molar-refractivity contribution in [2.75, 3.05) is 0 Å². The highest BCUT2D eigenvalue weighted by Gasteiger charge is 2.41. The molecule has 1 aromatic heterocycles. The van der Waals surface area contributed by atoms with Crippen molar-refractivity contribution < 1.29 is 5.11 Å². The molecule has 25 heavy (non-hydrogen) atoms. The van der Waals surface area contributed by atoms with Crippen molar-refractivity contribution in [1.29, 1.82) is 0 Å². The molecule has 3 rings (SSSR count). The average molecular weight is 365 g/mol. The van der Waals surface area contributed by atoms with Crippen LogP contribution >= 0.6 is 11.3 Å². The normalized spacial score (nSPS) is 20.6. The molecule has 1 atom stereocenters. The summed E-state index contributed by atoms with van der Waals surface area (Å²) in [6, 6.07) is 4.42. The number of rotatable bonds is 8. The highest BCUT2D eigenvalue weighted by Crippen LogP contribution is 2.48. The summed E-state index contributed by atoms with van der Waals surface area (Å²) in [5, 5.41) is 10.3. The maximum absolute atomic E-state index is 10.3. The van der Waals surface area contributed by atoms with Crippen molar-refractivity contribution >= 4 is 11.3 Å². The molecular formula is C23H40OS. The Balaban J connectivity index is 0.000000212. The van der Waals surface area contributed by atoms with E-state index >= 15 is 0 Å². The molecule has 144 valence electrons. The van der Waals surface area contributed by atoms with Crippen LogP contribution in [0.15, 0.2) is 12.1 Å². The van der Waals surface area contributed by atoms with Gasteiger partial charge in [-0.1, -0.05) is 65.2 Å². The molecular weight excluding hydrogens is 324 g/mol. The van der Waals surface area contributed by atoms with Gasteiger partial charge in [-0.25, -0.2) is 0 Å². The molecule has 1 N–H and O–H groups in total. The van der Waals surface area contributed by atoms with Gasteiger partial charge in [0, 0.05) is 9.75 Å². The number of aliphatic hydroxyl groups is 1. The van der Waals surface area contributed by atoms with E-state index in [1.807, 2.05) is 11.3 Å². The minimum absolute atomic E-state index is 0.00680. The van der Waals surface area contributed by atoms with Gasteiger partial charge in [-0.15, -0.1) is 11.3 Å². The Bertz CT molecular complexity index is 463. The van der Waals surface area contributed by atoms with Crippen LogP contribution in [0.3, 0.4) is 0 Å². The molecule has 1 aromatic rings. The van der Waals surface area contributed by atoms with E-state index in [4.69, 9.17) is 0 Å². The van der Waals surface area contributed by atoms with E-state index in [-0.39, 0.29) is 6.10 Å². The lowest BCUT2D eigenvalue weighted by Gasteiger charge is -2.45. The molecule has 2 heteroatoms. The highest BCUT2D eigenvalue weighted by atomic mass is 32.1. The van der Waals surface area contributed by atoms with Crippen molar-refractivity contribution in [2.45, 2.75) is 110 Å². The minimum atomic E-state index is -0.00680.